The van der Waals surface area contributed by atoms with Gasteiger partial charge in [-0.25, -0.2) is 5.43 Å². The largest absolute Gasteiger partial charge is 0.493 e. The Morgan fingerprint density at radius 1 is 0.970 bits per heavy atom. The molecule has 3 rings (SSSR count). The van der Waals surface area contributed by atoms with E-state index >= 15 is 0 Å². The highest BCUT2D eigenvalue weighted by Crippen LogP contribution is 2.27. The first-order valence-corrected chi connectivity index (χ1v) is 11.3. The summed E-state index contributed by atoms with van der Waals surface area (Å²) in [6.45, 7) is 6.69. The number of nitrogens with one attached hydrogen (secondary N) is 2. The van der Waals surface area contributed by atoms with E-state index in [0.717, 1.165) is 51.7 Å². The number of hydrogen-bond donors (Lipinski definition) is 2. The molecule has 0 atom stereocenters. The van der Waals surface area contributed by atoms with Gasteiger partial charge >= 0.3 is 0 Å². The smallest absolute Gasteiger partial charge is 0.240 e. The number of aryl methyl sites for hydroxylation is 1. The first-order valence-electron chi connectivity index (χ1n) is 11.3. The maximum atomic E-state index is 12.2. The fourth-order valence-electron chi connectivity index (χ4n) is 3.41. The van der Waals surface area contributed by atoms with Gasteiger partial charge in [0.15, 0.2) is 0 Å². The number of carbonyl (C=O) groups is 2. The standard InChI is InChI=1S/C27H31N3O3/c1-4-5-17-33-25-14-13-21-10-6-7-11-22(21)23(25)18-28-30-27(32)16-15-26(31)29-24-12-8-9-19(2)20(24)3/h6-14,18H,4-5,15-17H2,1-3H3,(H,29,31)(H,30,32). The number of anilines is 1. The molecule has 0 fully saturated rings. The van der Waals surface area contributed by atoms with Crippen molar-refractivity contribution in [2.24, 2.45) is 5.10 Å². The van der Waals surface area contributed by atoms with E-state index in [1.165, 1.54) is 0 Å². The number of ether oxygens (including phenoxy) is 1. The predicted molar refractivity (Wildman–Crippen MR) is 134 cm³/mol. The summed E-state index contributed by atoms with van der Waals surface area (Å²) in [7, 11) is 0. The van der Waals surface area contributed by atoms with Gasteiger partial charge in [-0.15, -0.1) is 0 Å². The van der Waals surface area contributed by atoms with E-state index in [1.807, 2.05) is 68.4 Å². The first-order chi connectivity index (χ1) is 16.0. The zero-order valence-corrected chi connectivity index (χ0v) is 19.5. The molecule has 2 amide bonds. The van der Waals surface area contributed by atoms with Crippen LogP contribution in [0.25, 0.3) is 10.8 Å². The van der Waals surface area contributed by atoms with E-state index in [2.05, 4.69) is 22.8 Å². The number of carbonyl (C=O) groups excluding carboxylic acids is 2. The van der Waals surface area contributed by atoms with Crippen LogP contribution in [0.2, 0.25) is 0 Å². The number of hydrogen-bond acceptors (Lipinski definition) is 4. The highest BCUT2D eigenvalue weighted by molar-refractivity contribution is 6.02. The molecule has 0 aromatic heterocycles. The molecule has 0 aliphatic carbocycles. The number of unbranched alkanes of at least 4 members (excludes halogenated alkanes) is 1. The number of hydrazone groups is 1. The number of benzene rings is 3. The minimum atomic E-state index is -0.323. The van der Waals surface area contributed by atoms with Gasteiger partial charge in [-0.1, -0.05) is 55.8 Å². The normalized spacial score (nSPS) is 11.0. The molecule has 0 aliphatic rings. The molecule has 3 aromatic carbocycles. The second kappa shape index (κ2) is 11.8. The van der Waals surface area contributed by atoms with E-state index in [9.17, 15) is 9.59 Å². The lowest BCUT2D eigenvalue weighted by Crippen LogP contribution is -2.21. The average Bonchev–Trinajstić information content (AvgIpc) is 2.82. The monoisotopic (exact) mass is 445 g/mol. The molecule has 0 bridgehead atoms. The molecular formula is C27H31N3O3. The summed E-state index contributed by atoms with van der Waals surface area (Å²) < 4.78 is 5.94. The second-order valence-corrected chi connectivity index (χ2v) is 7.99. The van der Waals surface area contributed by atoms with Gasteiger partial charge in [0.05, 0.1) is 12.8 Å². The van der Waals surface area contributed by atoms with Gasteiger partial charge in [0.2, 0.25) is 11.8 Å². The Labute approximate surface area is 195 Å². The van der Waals surface area contributed by atoms with Crippen molar-refractivity contribution in [1.82, 2.24) is 5.43 Å². The van der Waals surface area contributed by atoms with Crippen LogP contribution in [0.15, 0.2) is 59.7 Å². The lowest BCUT2D eigenvalue weighted by molar-refractivity contribution is -0.124. The van der Waals surface area contributed by atoms with Crippen LogP contribution in [-0.2, 0) is 9.59 Å². The molecule has 0 saturated heterocycles. The third kappa shape index (κ3) is 6.65. The van der Waals surface area contributed by atoms with Crippen LogP contribution in [0.3, 0.4) is 0 Å². The van der Waals surface area contributed by atoms with Crippen molar-refractivity contribution in [3.8, 4) is 5.75 Å². The summed E-state index contributed by atoms with van der Waals surface area (Å²) in [5.74, 6) is 0.201. The third-order valence-corrected chi connectivity index (χ3v) is 5.53. The first kappa shape index (κ1) is 24.0. The van der Waals surface area contributed by atoms with Crippen LogP contribution < -0.4 is 15.5 Å². The Bertz CT molecular complexity index is 1150. The van der Waals surface area contributed by atoms with Gasteiger partial charge in [0.1, 0.15) is 5.75 Å². The van der Waals surface area contributed by atoms with Crippen molar-refractivity contribution in [2.45, 2.75) is 46.5 Å². The molecule has 0 radical (unpaired) electrons. The number of nitrogens with zero attached hydrogens (tertiary/aromatic N) is 1. The lowest BCUT2D eigenvalue weighted by atomic mass is 10.0. The highest BCUT2D eigenvalue weighted by atomic mass is 16.5. The molecule has 0 spiro atoms. The topological polar surface area (TPSA) is 79.8 Å². The van der Waals surface area contributed by atoms with Gasteiger partial charge in [0.25, 0.3) is 0 Å². The Morgan fingerprint density at radius 3 is 2.58 bits per heavy atom. The van der Waals surface area contributed by atoms with Crippen LogP contribution in [-0.4, -0.2) is 24.6 Å². The van der Waals surface area contributed by atoms with Gasteiger partial charge in [-0.2, -0.15) is 5.10 Å². The van der Waals surface area contributed by atoms with Gasteiger partial charge in [-0.05, 0) is 54.3 Å². The number of fused-ring (bicyclic) bond motifs is 1. The minimum absolute atomic E-state index is 0.0451. The van der Waals surface area contributed by atoms with Crippen LogP contribution in [0.4, 0.5) is 5.69 Å². The van der Waals surface area contributed by atoms with Crippen molar-refractivity contribution in [3.05, 3.63) is 71.3 Å². The summed E-state index contributed by atoms with van der Waals surface area (Å²) in [4.78, 5) is 24.5. The number of amides is 2. The summed E-state index contributed by atoms with van der Waals surface area (Å²) >= 11 is 0. The van der Waals surface area contributed by atoms with Crippen LogP contribution >= 0.6 is 0 Å². The van der Waals surface area contributed by atoms with E-state index in [-0.39, 0.29) is 24.7 Å². The average molecular weight is 446 g/mol. The molecule has 0 unspecified atom stereocenters. The summed E-state index contributed by atoms with van der Waals surface area (Å²) in [5, 5.41) is 9.06. The van der Waals surface area contributed by atoms with E-state index < -0.39 is 0 Å². The fraction of sp³-hybridized carbons (Fsp3) is 0.296. The fourth-order valence-corrected chi connectivity index (χ4v) is 3.41. The van der Waals surface area contributed by atoms with Crippen molar-refractivity contribution in [2.75, 3.05) is 11.9 Å². The summed E-state index contributed by atoms with van der Waals surface area (Å²) in [5.41, 5.74) is 6.23. The molecule has 33 heavy (non-hydrogen) atoms. The van der Waals surface area contributed by atoms with Gasteiger partial charge < -0.3 is 10.1 Å². The molecular weight excluding hydrogens is 414 g/mol. The summed E-state index contributed by atoms with van der Waals surface area (Å²) in [6.07, 6.45) is 3.74. The van der Waals surface area contributed by atoms with Crippen molar-refractivity contribution < 1.29 is 14.3 Å². The summed E-state index contributed by atoms with van der Waals surface area (Å²) in [6, 6.07) is 17.7. The van der Waals surface area contributed by atoms with Gasteiger partial charge in [0, 0.05) is 24.1 Å². The Kier molecular flexibility index (Phi) is 8.58. The maximum Gasteiger partial charge on any atom is 0.240 e. The van der Waals surface area contributed by atoms with E-state index in [4.69, 9.17) is 4.74 Å². The van der Waals surface area contributed by atoms with Crippen molar-refractivity contribution >= 4 is 34.5 Å². The molecule has 6 heteroatoms. The van der Waals surface area contributed by atoms with Crippen molar-refractivity contribution in [1.29, 1.82) is 0 Å². The van der Waals surface area contributed by atoms with E-state index in [0.29, 0.717) is 6.61 Å². The Balaban J connectivity index is 1.59. The highest BCUT2D eigenvalue weighted by Gasteiger charge is 2.10. The number of rotatable bonds is 10. The van der Waals surface area contributed by atoms with Crippen molar-refractivity contribution in [3.63, 3.8) is 0 Å². The quantitative estimate of drug-likeness (QED) is 0.245. The molecule has 0 heterocycles. The molecule has 6 nitrogen and oxygen atoms in total. The predicted octanol–water partition coefficient (Wildman–Crippen LogP) is 5.50. The SMILES string of the molecule is CCCCOc1ccc2ccccc2c1C=NNC(=O)CCC(=O)Nc1cccc(C)c1C. The Morgan fingerprint density at radius 2 is 1.76 bits per heavy atom. The Hall–Kier alpha value is -3.67. The molecule has 0 saturated carbocycles. The minimum Gasteiger partial charge on any atom is -0.493 e. The molecule has 0 aliphatic heterocycles. The third-order valence-electron chi connectivity index (χ3n) is 5.53. The lowest BCUT2D eigenvalue weighted by Gasteiger charge is -2.11. The zero-order chi connectivity index (χ0) is 23.6. The molecule has 2 N–H and O–H groups in total. The van der Waals surface area contributed by atoms with E-state index in [1.54, 1.807) is 6.21 Å². The van der Waals surface area contributed by atoms with Gasteiger partial charge in [-0.3, -0.25) is 9.59 Å². The van der Waals surface area contributed by atoms with Crippen LogP contribution in [0, 0.1) is 13.8 Å². The molecule has 172 valence electrons. The maximum absolute atomic E-state index is 12.2. The van der Waals surface area contributed by atoms with Crippen LogP contribution in [0.1, 0.15) is 49.3 Å². The second-order valence-electron chi connectivity index (χ2n) is 7.99. The van der Waals surface area contributed by atoms with Crippen LogP contribution in [0.5, 0.6) is 5.75 Å². The zero-order valence-electron chi connectivity index (χ0n) is 19.5. The molecule has 3 aromatic rings.